The molecular formula is C10H18ClN3O. The van der Waals surface area contributed by atoms with Gasteiger partial charge in [-0.2, -0.15) is 5.10 Å². The summed E-state index contributed by atoms with van der Waals surface area (Å²) in [5, 5.41) is 4.80. The second-order valence-corrected chi connectivity index (χ2v) is 4.29. The second kappa shape index (κ2) is 4.96. The average Bonchev–Trinajstić information content (AvgIpc) is 2.58. The zero-order valence-corrected chi connectivity index (χ0v) is 10.3. The van der Waals surface area contributed by atoms with Crippen molar-refractivity contribution in [2.24, 2.45) is 5.73 Å². The van der Waals surface area contributed by atoms with Crippen molar-refractivity contribution in [2.45, 2.75) is 39.0 Å². The Morgan fingerprint density at radius 3 is 2.53 bits per heavy atom. The van der Waals surface area contributed by atoms with E-state index in [9.17, 15) is 0 Å². The molecule has 0 saturated carbocycles. The van der Waals surface area contributed by atoms with Crippen molar-refractivity contribution in [3.8, 4) is 0 Å². The van der Waals surface area contributed by atoms with Gasteiger partial charge in [0, 0.05) is 13.2 Å². The number of ether oxygens (including phenoxy) is 1. The molecule has 2 N–H and O–H groups in total. The Bertz CT molecular complexity index is 324. The SMILES string of the molecule is COC(C)C(N)c1c(Cl)cnn1C(C)C. The van der Waals surface area contributed by atoms with E-state index in [1.54, 1.807) is 13.3 Å². The number of nitrogens with zero attached hydrogens (tertiary/aromatic N) is 2. The first-order chi connectivity index (χ1) is 6.99. The number of hydrogen-bond donors (Lipinski definition) is 1. The van der Waals surface area contributed by atoms with E-state index in [1.807, 2.05) is 25.5 Å². The third-order valence-corrected chi connectivity index (χ3v) is 2.76. The number of rotatable bonds is 4. The van der Waals surface area contributed by atoms with E-state index in [4.69, 9.17) is 22.1 Å². The van der Waals surface area contributed by atoms with Crippen LogP contribution >= 0.6 is 11.6 Å². The van der Waals surface area contributed by atoms with Crippen molar-refractivity contribution in [3.63, 3.8) is 0 Å². The van der Waals surface area contributed by atoms with Crippen molar-refractivity contribution < 1.29 is 4.74 Å². The van der Waals surface area contributed by atoms with Gasteiger partial charge in [0.25, 0.3) is 0 Å². The Kier molecular flexibility index (Phi) is 4.13. The predicted octanol–water partition coefficient (Wildman–Crippen LogP) is 2.15. The molecule has 15 heavy (non-hydrogen) atoms. The lowest BCUT2D eigenvalue weighted by Gasteiger charge is -2.21. The van der Waals surface area contributed by atoms with E-state index in [-0.39, 0.29) is 18.2 Å². The van der Waals surface area contributed by atoms with Crippen LogP contribution in [0.3, 0.4) is 0 Å². The lowest BCUT2D eigenvalue weighted by Crippen LogP contribution is -2.28. The minimum atomic E-state index is -0.257. The molecule has 0 aliphatic rings. The molecule has 2 unspecified atom stereocenters. The van der Waals surface area contributed by atoms with Crippen molar-refractivity contribution in [3.05, 3.63) is 16.9 Å². The molecule has 0 bridgehead atoms. The van der Waals surface area contributed by atoms with Crippen LogP contribution in [0.5, 0.6) is 0 Å². The van der Waals surface area contributed by atoms with E-state index < -0.39 is 0 Å². The molecule has 1 aromatic heterocycles. The Hall–Kier alpha value is -0.580. The maximum Gasteiger partial charge on any atom is 0.0835 e. The summed E-state index contributed by atoms with van der Waals surface area (Å²) < 4.78 is 7.04. The topological polar surface area (TPSA) is 53.1 Å². The second-order valence-electron chi connectivity index (χ2n) is 3.88. The summed E-state index contributed by atoms with van der Waals surface area (Å²) in [6.07, 6.45) is 1.54. The minimum absolute atomic E-state index is 0.0864. The Morgan fingerprint density at radius 1 is 1.47 bits per heavy atom. The average molecular weight is 232 g/mol. The van der Waals surface area contributed by atoms with Gasteiger partial charge in [0.1, 0.15) is 0 Å². The smallest absolute Gasteiger partial charge is 0.0835 e. The number of methoxy groups -OCH3 is 1. The summed E-state index contributed by atoms with van der Waals surface area (Å²) in [7, 11) is 1.63. The molecule has 1 heterocycles. The maximum atomic E-state index is 6.07. The molecule has 0 radical (unpaired) electrons. The fourth-order valence-electron chi connectivity index (χ4n) is 1.44. The van der Waals surface area contributed by atoms with Gasteiger partial charge in [-0.25, -0.2) is 0 Å². The molecule has 0 aromatic carbocycles. The molecule has 0 aliphatic carbocycles. The van der Waals surface area contributed by atoms with Crippen molar-refractivity contribution >= 4 is 11.6 Å². The molecule has 2 atom stereocenters. The van der Waals surface area contributed by atoms with Crippen molar-refractivity contribution in [2.75, 3.05) is 7.11 Å². The van der Waals surface area contributed by atoms with Crippen molar-refractivity contribution in [1.82, 2.24) is 9.78 Å². The van der Waals surface area contributed by atoms with E-state index in [0.29, 0.717) is 5.02 Å². The van der Waals surface area contributed by atoms with Crippen LogP contribution in [0.15, 0.2) is 6.20 Å². The van der Waals surface area contributed by atoms with E-state index in [0.717, 1.165) is 5.69 Å². The standard InChI is InChI=1S/C10H18ClN3O/c1-6(2)14-10(8(11)5-13-14)9(12)7(3)15-4/h5-7,9H,12H2,1-4H3. The highest BCUT2D eigenvalue weighted by atomic mass is 35.5. The molecule has 1 rings (SSSR count). The Labute approximate surface area is 95.3 Å². The molecule has 0 spiro atoms. The summed E-state index contributed by atoms with van der Waals surface area (Å²) >= 11 is 6.07. The van der Waals surface area contributed by atoms with Gasteiger partial charge >= 0.3 is 0 Å². The van der Waals surface area contributed by atoms with Crippen molar-refractivity contribution in [1.29, 1.82) is 0 Å². The molecule has 0 amide bonds. The van der Waals surface area contributed by atoms with Crippen LogP contribution in [0.4, 0.5) is 0 Å². The fraction of sp³-hybridized carbons (Fsp3) is 0.700. The monoisotopic (exact) mass is 231 g/mol. The summed E-state index contributed by atoms with van der Waals surface area (Å²) in [6, 6.07) is -0.0185. The highest BCUT2D eigenvalue weighted by molar-refractivity contribution is 6.31. The normalized spacial score (nSPS) is 15.7. The van der Waals surface area contributed by atoms with Gasteiger partial charge < -0.3 is 10.5 Å². The van der Waals surface area contributed by atoms with E-state index in [1.165, 1.54) is 0 Å². The van der Waals surface area contributed by atoms with Crippen LogP contribution in [0.2, 0.25) is 5.02 Å². The molecule has 5 heteroatoms. The zero-order chi connectivity index (χ0) is 11.6. The van der Waals surface area contributed by atoms with Gasteiger partial charge in [0.15, 0.2) is 0 Å². The van der Waals surface area contributed by atoms with E-state index in [2.05, 4.69) is 5.10 Å². The third-order valence-electron chi connectivity index (χ3n) is 2.47. The predicted molar refractivity (Wildman–Crippen MR) is 61.0 cm³/mol. The van der Waals surface area contributed by atoms with Crippen LogP contribution in [0.25, 0.3) is 0 Å². The Morgan fingerprint density at radius 2 is 2.07 bits per heavy atom. The van der Waals surface area contributed by atoms with E-state index >= 15 is 0 Å². The molecule has 1 aromatic rings. The van der Waals surface area contributed by atoms with Crippen LogP contribution < -0.4 is 5.73 Å². The number of nitrogens with two attached hydrogens (primary N) is 1. The third kappa shape index (κ3) is 2.51. The van der Waals surface area contributed by atoms with Crippen LogP contribution in [-0.4, -0.2) is 23.0 Å². The van der Waals surface area contributed by atoms with Gasteiger partial charge in [0.2, 0.25) is 0 Å². The van der Waals surface area contributed by atoms with Gasteiger partial charge in [-0.1, -0.05) is 11.6 Å². The number of aromatic nitrogens is 2. The molecule has 0 saturated heterocycles. The van der Waals surface area contributed by atoms with Crippen LogP contribution in [0, 0.1) is 0 Å². The molecule has 0 aliphatic heterocycles. The first kappa shape index (κ1) is 12.5. The quantitative estimate of drug-likeness (QED) is 0.864. The van der Waals surface area contributed by atoms with Crippen LogP contribution in [-0.2, 0) is 4.74 Å². The summed E-state index contributed by atoms with van der Waals surface area (Å²) in [5.74, 6) is 0. The maximum absolute atomic E-state index is 6.07. The fourth-order valence-corrected chi connectivity index (χ4v) is 1.70. The largest absolute Gasteiger partial charge is 0.380 e. The molecule has 4 nitrogen and oxygen atoms in total. The van der Waals surface area contributed by atoms with Gasteiger partial charge in [-0.3, -0.25) is 4.68 Å². The summed E-state index contributed by atoms with van der Waals surface area (Å²) in [6.45, 7) is 5.99. The van der Waals surface area contributed by atoms with Gasteiger partial charge in [0.05, 0.1) is 29.1 Å². The number of hydrogen-bond acceptors (Lipinski definition) is 3. The van der Waals surface area contributed by atoms with Gasteiger partial charge in [-0.05, 0) is 20.8 Å². The summed E-state index contributed by atoms with van der Waals surface area (Å²) in [4.78, 5) is 0. The molecular weight excluding hydrogens is 214 g/mol. The minimum Gasteiger partial charge on any atom is -0.380 e. The van der Waals surface area contributed by atoms with Gasteiger partial charge in [-0.15, -0.1) is 0 Å². The first-order valence-corrected chi connectivity index (χ1v) is 5.38. The molecule has 0 fully saturated rings. The zero-order valence-electron chi connectivity index (χ0n) is 9.57. The van der Waals surface area contributed by atoms with Crippen LogP contribution in [0.1, 0.15) is 38.5 Å². The summed E-state index contributed by atoms with van der Waals surface area (Å²) in [5.41, 5.74) is 6.90. The molecule has 86 valence electrons. The highest BCUT2D eigenvalue weighted by Gasteiger charge is 2.23. The Balaban J connectivity index is 3.06. The lowest BCUT2D eigenvalue weighted by molar-refractivity contribution is 0.0926. The first-order valence-electron chi connectivity index (χ1n) is 5.00. The number of halogens is 1. The lowest BCUT2D eigenvalue weighted by atomic mass is 10.1. The highest BCUT2D eigenvalue weighted by Crippen LogP contribution is 2.26.